The smallest absolute Gasteiger partial charge is 0.141 e. The number of aromatic nitrogens is 2. The number of anilines is 1. The Kier molecular flexibility index (Phi) is 4.94. The quantitative estimate of drug-likeness (QED) is 0.537. The van der Waals surface area contributed by atoms with Crippen molar-refractivity contribution in [2.24, 2.45) is 17.8 Å². The Balaban J connectivity index is 1.11. The van der Waals surface area contributed by atoms with Gasteiger partial charge in [-0.1, -0.05) is 30.3 Å². The first-order valence-corrected chi connectivity index (χ1v) is 12.1. The van der Waals surface area contributed by atoms with E-state index in [4.69, 9.17) is 9.72 Å². The number of hydrogen-bond donors (Lipinski definition) is 0. The number of hydrogen-bond acceptors (Lipinski definition) is 6. The molecule has 3 aromatic rings. The van der Waals surface area contributed by atoms with Gasteiger partial charge >= 0.3 is 0 Å². The number of fused-ring (bicyclic) bond motifs is 2. The molecule has 30 heavy (non-hydrogen) atoms. The summed E-state index contributed by atoms with van der Waals surface area (Å²) < 4.78 is 6.05. The molecule has 0 N–H and O–H groups in total. The number of ether oxygens (including phenoxy) is 1. The normalized spacial score (nSPS) is 25.9. The van der Waals surface area contributed by atoms with E-state index >= 15 is 0 Å². The summed E-state index contributed by atoms with van der Waals surface area (Å²) in [5.41, 5.74) is 2.50. The van der Waals surface area contributed by atoms with Gasteiger partial charge < -0.3 is 14.5 Å². The van der Waals surface area contributed by atoms with Gasteiger partial charge in [-0.05, 0) is 49.2 Å². The van der Waals surface area contributed by atoms with E-state index in [9.17, 15) is 0 Å². The summed E-state index contributed by atoms with van der Waals surface area (Å²) in [6.45, 7) is 7.64. The molecule has 4 heterocycles. The van der Waals surface area contributed by atoms with Crippen LogP contribution in [-0.4, -0.2) is 60.8 Å². The van der Waals surface area contributed by atoms with Crippen LogP contribution < -0.4 is 4.90 Å². The van der Waals surface area contributed by atoms with E-state index in [0.717, 1.165) is 61.3 Å². The van der Waals surface area contributed by atoms with Gasteiger partial charge in [-0.15, -0.1) is 11.3 Å². The summed E-state index contributed by atoms with van der Waals surface area (Å²) in [5, 5.41) is 3.44. The van der Waals surface area contributed by atoms with Crippen molar-refractivity contribution in [1.29, 1.82) is 0 Å². The molecule has 6 heteroatoms. The van der Waals surface area contributed by atoms with Crippen LogP contribution in [0, 0.1) is 17.8 Å². The van der Waals surface area contributed by atoms with Gasteiger partial charge in [-0.2, -0.15) is 0 Å². The van der Waals surface area contributed by atoms with E-state index in [0.29, 0.717) is 0 Å². The Morgan fingerprint density at radius 3 is 2.63 bits per heavy atom. The molecular weight excluding hydrogens is 392 g/mol. The lowest BCUT2D eigenvalue weighted by Crippen LogP contribution is -2.27. The molecule has 6 rings (SSSR count). The average Bonchev–Trinajstić information content (AvgIpc) is 3.29. The Morgan fingerprint density at radius 1 is 1.03 bits per heavy atom. The van der Waals surface area contributed by atoms with Crippen molar-refractivity contribution in [2.45, 2.75) is 12.8 Å². The van der Waals surface area contributed by atoms with Gasteiger partial charge in [0.1, 0.15) is 17.0 Å². The summed E-state index contributed by atoms with van der Waals surface area (Å²) in [4.78, 5) is 15.4. The maximum Gasteiger partial charge on any atom is 0.141 e. The SMILES string of the molecule is c1ccc(-c2csc3ncnc(N4CC5C(COCCN6CCCC6)C5C4)c23)cc1. The third-order valence-corrected chi connectivity index (χ3v) is 8.05. The molecule has 1 aromatic carbocycles. The van der Waals surface area contributed by atoms with Crippen molar-refractivity contribution in [2.75, 3.05) is 50.8 Å². The fourth-order valence-corrected chi connectivity index (χ4v) is 6.33. The van der Waals surface area contributed by atoms with Crippen molar-refractivity contribution < 1.29 is 4.74 Å². The monoisotopic (exact) mass is 420 g/mol. The van der Waals surface area contributed by atoms with Crippen molar-refractivity contribution in [3.8, 4) is 11.1 Å². The van der Waals surface area contributed by atoms with Crippen LogP contribution in [0.15, 0.2) is 42.0 Å². The number of likely N-dealkylation sites (tertiary alicyclic amines) is 1. The number of benzene rings is 1. The molecule has 156 valence electrons. The van der Waals surface area contributed by atoms with E-state index < -0.39 is 0 Å². The van der Waals surface area contributed by atoms with E-state index in [-0.39, 0.29) is 0 Å². The van der Waals surface area contributed by atoms with Gasteiger partial charge in [0.2, 0.25) is 0 Å². The van der Waals surface area contributed by atoms with Crippen LogP contribution in [0.1, 0.15) is 12.8 Å². The maximum atomic E-state index is 6.05. The van der Waals surface area contributed by atoms with Gasteiger partial charge in [0.15, 0.2) is 0 Å². The van der Waals surface area contributed by atoms with E-state index in [2.05, 4.69) is 50.5 Å². The molecule has 0 amide bonds. The van der Waals surface area contributed by atoms with Gasteiger partial charge in [-0.25, -0.2) is 9.97 Å². The summed E-state index contributed by atoms with van der Waals surface area (Å²) in [7, 11) is 0. The van der Waals surface area contributed by atoms with E-state index in [1.165, 1.54) is 42.4 Å². The third-order valence-electron chi connectivity index (χ3n) is 7.17. The highest BCUT2D eigenvalue weighted by molar-refractivity contribution is 7.17. The molecule has 0 radical (unpaired) electrons. The molecule has 5 nitrogen and oxygen atoms in total. The van der Waals surface area contributed by atoms with Gasteiger partial charge in [0.25, 0.3) is 0 Å². The first kappa shape index (κ1) is 18.7. The Bertz CT molecular complexity index is 1000. The topological polar surface area (TPSA) is 41.5 Å². The predicted molar refractivity (Wildman–Crippen MR) is 122 cm³/mol. The Hall–Kier alpha value is -2.02. The zero-order chi connectivity index (χ0) is 19.9. The number of nitrogens with zero attached hydrogens (tertiary/aromatic N) is 4. The molecule has 3 fully saturated rings. The number of thiophene rings is 1. The van der Waals surface area contributed by atoms with Crippen LogP contribution in [0.4, 0.5) is 5.82 Å². The third kappa shape index (κ3) is 3.41. The van der Waals surface area contributed by atoms with Crippen molar-refractivity contribution >= 4 is 27.4 Å². The zero-order valence-corrected chi connectivity index (χ0v) is 18.1. The van der Waals surface area contributed by atoms with Gasteiger partial charge in [0.05, 0.1) is 18.6 Å². The molecule has 2 aliphatic heterocycles. The lowest BCUT2D eigenvalue weighted by Gasteiger charge is -2.22. The molecule has 0 spiro atoms. The highest BCUT2D eigenvalue weighted by atomic mass is 32.1. The molecule has 1 saturated carbocycles. The fourth-order valence-electron chi connectivity index (χ4n) is 5.42. The minimum Gasteiger partial charge on any atom is -0.380 e. The highest BCUT2D eigenvalue weighted by Crippen LogP contribution is 2.53. The largest absolute Gasteiger partial charge is 0.380 e. The molecule has 2 atom stereocenters. The second-order valence-electron chi connectivity index (χ2n) is 8.91. The van der Waals surface area contributed by atoms with Crippen molar-refractivity contribution in [3.05, 3.63) is 42.0 Å². The molecular formula is C24H28N4OS. The first-order valence-electron chi connectivity index (χ1n) is 11.2. The van der Waals surface area contributed by atoms with Crippen LogP contribution in [0.25, 0.3) is 21.3 Å². The summed E-state index contributed by atoms with van der Waals surface area (Å²) in [6, 6.07) is 10.6. The standard InChI is InChI=1S/C24H28N4OS/c1-2-6-17(7-3-1)21-15-30-24-22(21)23(25-16-26-24)28-12-18-19(13-28)20(18)14-29-11-10-27-8-4-5-9-27/h1-3,6-7,15-16,18-20H,4-5,8-14H2. The van der Waals surface area contributed by atoms with E-state index in [1.807, 2.05) is 0 Å². The highest BCUT2D eigenvalue weighted by Gasteiger charge is 2.56. The molecule has 2 unspecified atom stereocenters. The minimum atomic E-state index is 0.744. The fraction of sp³-hybridized carbons (Fsp3) is 0.500. The molecule has 0 bridgehead atoms. The maximum absolute atomic E-state index is 6.05. The minimum absolute atomic E-state index is 0.744. The van der Waals surface area contributed by atoms with Crippen LogP contribution in [0.3, 0.4) is 0 Å². The summed E-state index contributed by atoms with van der Waals surface area (Å²) >= 11 is 1.72. The molecule has 1 aliphatic carbocycles. The zero-order valence-electron chi connectivity index (χ0n) is 17.2. The van der Waals surface area contributed by atoms with E-state index in [1.54, 1.807) is 17.7 Å². The van der Waals surface area contributed by atoms with Crippen molar-refractivity contribution in [1.82, 2.24) is 14.9 Å². The van der Waals surface area contributed by atoms with Crippen LogP contribution >= 0.6 is 11.3 Å². The van der Waals surface area contributed by atoms with Crippen LogP contribution in [0.5, 0.6) is 0 Å². The first-order chi connectivity index (χ1) is 14.9. The molecule has 3 aliphatic rings. The van der Waals surface area contributed by atoms with Crippen LogP contribution in [0.2, 0.25) is 0 Å². The molecule has 2 aromatic heterocycles. The summed E-state index contributed by atoms with van der Waals surface area (Å²) in [5.74, 6) is 3.38. The number of rotatable bonds is 7. The van der Waals surface area contributed by atoms with Gasteiger partial charge in [-0.3, -0.25) is 0 Å². The predicted octanol–water partition coefficient (Wildman–Crippen LogP) is 4.15. The van der Waals surface area contributed by atoms with Gasteiger partial charge in [0, 0.05) is 30.6 Å². The van der Waals surface area contributed by atoms with Crippen LogP contribution in [-0.2, 0) is 4.74 Å². The second kappa shape index (κ2) is 7.91. The Labute approximate surface area is 181 Å². The summed E-state index contributed by atoms with van der Waals surface area (Å²) in [6.07, 6.45) is 4.44. The number of piperidine rings is 1. The Morgan fingerprint density at radius 2 is 1.83 bits per heavy atom. The lowest BCUT2D eigenvalue weighted by molar-refractivity contribution is 0.0972. The second-order valence-corrected chi connectivity index (χ2v) is 9.77. The average molecular weight is 421 g/mol. The lowest BCUT2D eigenvalue weighted by atomic mass is 10.1. The van der Waals surface area contributed by atoms with Crippen molar-refractivity contribution in [3.63, 3.8) is 0 Å². The molecule has 2 saturated heterocycles.